The maximum Gasteiger partial charge on any atom is 0.410 e. The first-order valence-corrected chi connectivity index (χ1v) is 12.0. The van der Waals surface area contributed by atoms with E-state index < -0.39 is 5.60 Å². The highest BCUT2D eigenvalue weighted by Gasteiger charge is 2.39. The van der Waals surface area contributed by atoms with Gasteiger partial charge in [-0.2, -0.15) is 5.10 Å². The van der Waals surface area contributed by atoms with Crippen LogP contribution in [-0.4, -0.2) is 71.7 Å². The van der Waals surface area contributed by atoms with Crippen molar-refractivity contribution in [1.29, 1.82) is 0 Å². The van der Waals surface area contributed by atoms with E-state index in [1.165, 1.54) is 6.33 Å². The zero-order valence-electron chi connectivity index (χ0n) is 22.1. The highest BCUT2D eigenvalue weighted by molar-refractivity contribution is 5.76. The van der Waals surface area contributed by atoms with Gasteiger partial charge in [-0.15, -0.1) is 0 Å². The molecule has 1 saturated heterocycles. The van der Waals surface area contributed by atoms with Crippen LogP contribution in [0.5, 0.6) is 11.5 Å². The molecular weight excluding hydrogens is 474 g/mol. The summed E-state index contributed by atoms with van der Waals surface area (Å²) in [6, 6.07) is 7.29. The van der Waals surface area contributed by atoms with Crippen LogP contribution in [0.3, 0.4) is 0 Å². The molecule has 2 N–H and O–H groups in total. The molecule has 10 heteroatoms. The molecule has 0 bridgehead atoms. The number of carbonyl (C=O) groups excluding carboxylic acids is 1. The Hall–Kier alpha value is -3.97. The number of aromatic nitrogens is 3. The van der Waals surface area contributed by atoms with Gasteiger partial charge in [0, 0.05) is 36.9 Å². The first kappa shape index (κ1) is 26.1. The van der Waals surface area contributed by atoms with Gasteiger partial charge < -0.3 is 29.6 Å². The van der Waals surface area contributed by atoms with E-state index in [9.17, 15) is 4.79 Å². The van der Waals surface area contributed by atoms with Crippen LogP contribution in [0.25, 0.3) is 5.52 Å². The number of hydrogen-bond acceptors (Lipinski definition) is 8. The van der Waals surface area contributed by atoms with Crippen molar-refractivity contribution < 1.29 is 23.7 Å². The first-order chi connectivity index (χ1) is 17.6. The minimum atomic E-state index is -0.595. The minimum Gasteiger partial charge on any atom is -0.497 e. The number of hydrogen-bond donors (Lipinski definition) is 1. The van der Waals surface area contributed by atoms with Gasteiger partial charge in [0.05, 0.1) is 32.4 Å². The van der Waals surface area contributed by atoms with Gasteiger partial charge >= 0.3 is 6.09 Å². The largest absolute Gasteiger partial charge is 0.497 e. The lowest BCUT2D eigenvalue weighted by molar-refractivity contribution is 0.0147. The Balaban J connectivity index is 1.72. The van der Waals surface area contributed by atoms with Crippen molar-refractivity contribution in [3.05, 3.63) is 47.4 Å². The summed E-state index contributed by atoms with van der Waals surface area (Å²) in [4.78, 5) is 18.9. The van der Waals surface area contributed by atoms with E-state index in [0.29, 0.717) is 48.0 Å². The number of nitrogens with two attached hydrogens (primary N) is 1. The van der Waals surface area contributed by atoms with Crippen LogP contribution < -0.4 is 15.2 Å². The van der Waals surface area contributed by atoms with Gasteiger partial charge in [0.2, 0.25) is 0 Å². The molecule has 37 heavy (non-hydrogen) atoms. The molecule has 4 rings (SSSR count). The zero-order chi connectivity index (χ0) is 26.7. The van der Waals surface area contributed by atoms with E-state index >= 15 is 0 Å². The van der Waals surface area contributed by atoms with Crippen molar-refractivity contribution in [3.8, 4) is 23.3 Å². The van der Waals surface area contributed by atoms with Crippen molar-refractivity contribution in [2.45, 2.75) is 44.8 Å². The number of nitrogen functional groups attached to an aromatic ring is 1. The number of anilines is 1. The molecule has 0 spiro atoms. The summed E-state index contributed by atoms with van der Waals surface area (Å²) in [5, 5.41) is 4.47. The molecule has 1 fully saturated rings. The van der Waals surface area contributed by atoms with Gasteiger partial charge in [-0.1, -0.05) is 11.8 Å². The van der Waals surface area contributed by atoms with Crippen LogP contribution in [0.1, 0.15) is 49.9 Å². The number of methoxy groups -OCH3 is 3. The second-order valence-electron chi connectivity index (χ2n) is 9.91. The molecule has 1 aliphatic heterocycles. The van der Waals surface area contributed by atoms with Crippen LogP contribution in [0, 0.1) is 11.8 Å². The van der Waals surface area contributed by atoms with Gasteiger partial charge in [0.1, 0.15) is 28.9 Å². The van der Waals surface area contributed by atoms with Crippen molar-refractivity contribution in [2.75, 3.05) is 40.2 Å². The molecule has 1 unspecified atom stereocenters. The molecule has 2 atom stereocenters. The smallest absolute Gasteiger partial charge is 0.410 e. The SMILES string of the molecule is COC[C@H]1CC(c2cc(C#Cc3cc(OC)cc(OC)c3)c3c(N)ncnn23)CN1C(=O)OC(C)(C)C. The third kappa shape index (κ3) is 5.73. The molecule has 2 aromatic heterocycles. The predicted molar refractivity (Wildman–Crippen MR) is 139 cm³/mol. The summed E-state index contributed by atoms with van der Waals surface area (Å²) in [6.07, 6.45) is 1.74. The summed E-state index contributed by atoms with van der Waals surface area (Å²) in [5.74, 6) is 7.98. The highest BCUT2D eigenvalue weighted by Crippen LogP contribution is 2.35. The Bertz CT molecular complexity index is 1330. The van der Waals surface area contributed by atoms with Crippen molar-refractivity contribution in [1.82, 2.24) is 19.5 Å². The number of likely N-dealkylation sites (tertiary alicyclic amines) is 1. The quantitative estimate of drug-likeness (QED) is 0.523. The Morgan fingerprint density at radius 1 is 1.11 bits per heavy atom. The van der Waals surface area contributed by atoms with Gasteiger partial charge in [-0.25, -0.2) is 14.3 Å². The third-order valence-corrected chi connectivity index (χ3v) is 6.12. The van der Waals surface area contributed by atoms with E-state index in [1.807, 2.05) is 39.0 Å². The van der Waals surface area contributed by atoms with Crippen LogP contribution in [0.2, 0.25) is 0 Å². The third-order valence-electron chi connectivity index (χ3n) is 6.12. The Labute approximate surface area is 216 Å². The number of amides is 1. The van der Waals surface area contributed by atoms with Gasteiger partial charge in [0.25, 0.3) is 0 Å². The highest BCUT2D eigenvalue weighted by atomic mass is 16.6. The van der Waals surface area contributed by atoms with Crippen molar-refractivity contribution in [2.24, 2.45) is 0 Å². The average Bonchev–Trinajstić information content (AvgIpc) is 3.44. The standard InChI is InChI=1S/C27H33N5O5/c1-27(2,3)37-26(33)31-14-19(11-20(31)15-34-4)23-12-18(24-25(28)29-16-30-32(23)24)8-7-17-9-21(35-5)13-22(10-17)36-6/h9-10,12-13,16,19-20H,11,14-15H2,1-6H3,(H2,28,29,30)/t19?,20-/m1/s1. The first-order valence-electron chi connectivity index (χ1n) is 12.0. The molecule has 1 amide bonds. The number of ether oxygens (including phenoxy) is 4. The maximum absolute atomic E-state index is 13.0. The topological polar surface area (TPSA) is 113 Å². The molecule has 0 saturated carbocycles. The number of benzene rings is 1. The summed E-state index contributed by atoms with van der Waals surface area (Å²) in [5.41, 5.74) is 8.60. The Morgan fingerprint density at radius 3 is 2.43 bits per heavy atom. The van der Waals surface area contributed by atoms with Crippen LogP contribution in [0.15, 0.2) is 30.6 Å². The van der Waals surface area contributed by atoms with E-state index in [0.717, 1.165) is 11.3 Å². The lowest BCUT2D eigenvalue weighted by Gasteiger charge is -2.28. The number of carbonyl (C=O) groups is 1. The molecule has 10 nitrogen and oxygen atoms in total. The molecule has 196 valence electrons. The summed E-state index contributed by atoms with van der Waals surface area (Å²) < 4.78 is 23.5. The second-order valence-corrected chi connectivity index (χ2v) is 9.91. The Morgan fingerprint density at radius 2 is 1.81 bits per heavy atom. The molecule has 3 heterocycles. The van der Waals surface area contributed by atoms with Crippen LogP contribution in [-0.2, 0) is 9.47 Å². The van der Waals surface area contributed by atoms with E-state index in [-0.39, 0.29) is 18.1 Å². The number of nitrogens with zero attached hydrogens (tertiary/aromatic N) is 4. The number of rotatable bonds is 5. The summed E-state index contributed by atoms with van der Waals surface area (Å²) in [7, 11) is 4.82. The second kappa shape index (κ2) is 10.6. The Kier molecular flexibility index (Phi) is 7.45. The fourth-order valence-corrected chi connectivity index (χ4v) is 4.52. The predicted octanol–water partition coefficient (Wildman–Crippen LogP) is 3.47. The minimum absolute atomic E-state index is 0.0260. The lowest BCUT2D eigenvalue weighted by Crippen LogP contribution is -2.41. The monoisotopic (exact) mass is 507 g/mol. The summed E-state index contributed by atoms with van der Waals surface area (Å²) >= 11 is 0. The van der Waals surface area contributed by atoms with Crippen molar-refractivity contribution in [3.63, 3.8) is 0 Å². The van der Waals surface area contributed by atoms with Gasteiger partial charge in [-0.3, -0.25) is 0 Å². The van der Waals surface area contributed by atoms with Crippen LogP contribution in [0.4, 0.5) is 10.6 Å². The maximum atomic E-state index is 13.0. The molecule has 1 aromatic carbocycles. The van der Waals surface area contributed by atoms with Gasteiger partial charge in [0.15, 0.2) is 5.82 Å². The lowest BCUT2D eigenvalue weighted by atomic mass is 10.0. The molecule has 1 aliphatic rings. The summed E-state index contributed by atoms with van der Waals surface area (Å²) in [6.45, 7) is 6.42. The van der Waals surface area contributed by atoms with E-state index in [1.54, 1.807) is 36.8 Å². The average molecular weight is 508 g/mol. The zero-order valence-corrected chi connectivity index (χ0v) is 22.1. The molecule has 0 aliphatic carbocycles. The van der Waals surface area contributed by atoms with E-state index in [4.69, 9.17) is 24.7 Å². The normalized spacial score (nSPS) is 17.4. The fraction of sp³-hybridized carbons (Fsp3) is 0.444. The van der Waals surface area contributed by atoms with Crippen molar-refractivity contribution >= 4 is 17.4 Å². The molecule has 3 aromatic rings. The van der Waals surface area contributed by atoms with Gasteiger partial charge in [-0.05, 0) is 45.4 Å². The molecule has 0 radical (unpaired) electrons. The molecular formula is C27H33N5O5. The van der Waals surface area contributed by atoms with E-state index in [2.05, 4.69) is 21.9 Å². The number of fused-ring (bicyclic) bond motifs is 1. The van der Waals surface area contributed by atoms with Crippen LogP contribution >= 0.6 is 0 Å². The fourth-order valence-electron chi connectivity index (χ4n) is 4.52.